The Morgan fingerprint density at radius 2 is 1.88 bits per heavy atom. The van der Waals surface area contributed by atoms with Crippen LogP contribution in [0, 0.1) is 5.82 Å². The van der Waals surface area contributed by atoms with Crippen molar-refractivity contribution in [2.24, 2.45) is 0 Å². The number of halogens is 3. The predicted molar refractivity (Wildman–Crippen MR) is 92.5 cm³/mol. The molecule has 126 valence electrons. The van der Waals surface area contributed by atoms with Crippen LogP contribution in [-0.4, -0.2) is 25.0 Å². The van der Waals surface area contributed by atoms with Gasteiger partial charge in [0.25, 0.3) is 5.91 Å². The Hall–Kier alpha value is -1.92. The minimum absolute atomic E-state index is 0.185. The van der Waals surface area contributed by atoms with E-state index in [4.69, 9.17) is 16.3 Å². The zero-order chi connectivity index (χ0) is 17.5. The van der Waals surface area contributed by atoms with E-state index in [0.29, 0.717) is 17.4 Å². The van der Waals surface area contributed by atoms with E-state index in [-0.39, 0.29) is 16.4 Å². The minimum Gasteiger partial charge on any atom is -0.452 e. The lowest BCUT2D eigenvalue weighted by atomic mass is 10.1. The highest BCUT2D eigenvalue weighted by Gasteiger charge is 2.14. The summed E-state index contributed by atoms with van der Waals surface area (Å²) in [5.74, 6) is -1.40. The molecule has 0 fully saturated rings. The van der Waals surface area contributed by atoms with Gasteiger partial charge >= 0.3 is 5.97 Å². The van der Waals surface area contributed by atoms with Crippen LogP contribution < -0.4 is 5.32 Å². The fourth-order valence-electron chi connectivity index (χ4n) is 1.91. The van der Waals surface area contributed by atoms with Crippen molar-refractivity contribution in [3.8, 4) is 0 Å². The first-order chi connectivity index (χ1) is 11.5. The molecule has 0 aromatic heterocycles. The van der Waals surface area contributed by atoms with Gasteiger partial charge in [-0.3, -0.25) is 4.79 Å². The van der Waals surface area contributed by atoms with Crippen LogP contribution >= 0.6 is 27.5 Å². The number of carbonyl (C=O) groups is 2. The highest BCUT2D eigenvalue weighted by Crippen LogP contribution is 2.21. The first-order valence-corrected chi connectivity index (χ1v) is 8.26. The molecular weight excluding hydrogens is 401 g/mol. The topological polar surface area (TPSA) is 55.4 Å². The standard InChI is InChI=1S/C17H14BrClFNO3/c18-12-3-6-15(19)14(9-12)17(23)24-10-16(22)21-8-7-11-1-4-13(20)5-2-11/h1-6,9H,7-8,10H2,(H,21,22). The minimum atomic E-state index is -0.671. The lowest BCUT2D eigenvalue weighted by Gasteiger charge is -2.08. The average Bonchev–Trinajstić information content (AvgIpc) is 2.56. The second-order valence-electron chi connectivity index (χ2n) is 4.93. The number of ether oxygens (including phenoxy) is 1. The van der Waals surface area contributed by atoms with E-state index < -0.39 is 18.5 Å². The van der Waals surface area contributed by atoms with Crippen LogP contribution in [0.25, 0.3) is 0 Å². The van der Waals surface area contributed by atoms with Crippen molar-refractivity contribution in [2.45, 2.75) is 6.42 Å². The molecule has 0 aliphatic rings. The molecule has 2 rings (SSSR count). The Morgan fingerprint density at radius 3 is 2.58 bits per heavy atom. The summed E-state index contributed by atoms with van der Waals surface area (Å²) < 4.78 is 18.4. The summed E-state index contributed by atoms with van der Waals surface area (Å²) in [6, 6.07) is 10.8. The Kier molecular flexibility index (Phi) is 6.75. The molecule has 0 bridgehead atoms. The Bertz CT molecular complexity index is 737. The summed E-state index contributed by atoms with van der Waals surface area (Å²) in [5.41, 5.74) is 1.08. The summed E-state index contributed by atoms with van der Waals surface area (Å²) >= 11 is 9.16. The Balaban J connectivity index is 1.75. The molecule has 0 aliphatic heterocycles. The maximum absolute atomic E-state index is 12.8. The molecule has 24 heavy (non-hydrogen) atoms. The summed E-state index contributed by atoms with van der Waals surface area (Å²) in [5, 5.41) is 2.88. The molecule has 0 heterocycles. The van der Waals surface area contributed by atoms with E-state index in [0.717, 1.165) is 5.56 Å². The van der Waals surface area contributed by atoms with Crippen LogP contribution in [0.15, 0.2) is 46.9 Å². The van der Waals surface area contributed by atoms with E-state index in [1.54, 1.807) is 24.3 Å². The van der Waals surface area contributed by atoms with Gasteiger partial charge in [-0.2, -0.15) is 0 Å². The van der Waals surface area contributed by atoms with Crippen molar-refractivity contribution in [1.82, 2.24) is 5.32 Å². The zero-order valence-corrected chi connectivity index (χ0v) is 14.9. The zero-order valence-electron chi connectivity index (χ0n) is 12.5. The van der Waals surface area contributed by atoms with Crippen molar-refractivity contribution >= 4 is 39.4 Å². The highest BCUT2D eigenvalue weighted by atomic mass is 79.9. The van der Waals surface area contributed by atoms with Crippen molar-refractivity contribution in [3.05, 3.63) is 68.9 Å². The Labute approximate surface area is 152 Å². The van der Waals surface area contributed by atoms with Crippen molar-refractivity contribution in [3.63, 3.8) is 0 Å². The lowest BCUT2D eigenvalue weighted by Crippen LogP contribution is -2.30. The van der Waals surface area contributed by atoms with Gasteiger partial charge in [-0.1, -0.05) is 39.7 Å². The largest absolute Gasteiger partial charge is 0.452 e. The Morgan fingerprint density at radius 1 is 1.17 bits per heavy atom. The average molecular weight is 415 g/mol. The first kappa shape index (κ1) is 18.4. The quantitative estimate of drug-likeness (QED) is 0.732. The van der Waals surface area contributed by atoms with Crippen LogP contribution in [0.3, 0.4) is 0 Å². The van der Waals surface area contributed by atoms with Gasteiger partial charge in [0.05, 0.1) is 10.6 Å². The maximum Gasteiger partial charge on any atom is 0.340 e. The number of esters is 1. The van der Waals surface area contributed by atoms with E-state index in [9.17, 15) is 14.0 Å². The second-order valence-corrected chi connectivity index (χ2v) is 6.25. The van der Waals surface area contributed by atoms with Gasteiger partial charge in [-0.15, -0.1) is 0 Å². The second kappa shape index (κ2) is 8.80. The molecule has 1 N–H and O–H groups in total. The van der Waals surface area contributed by atoms with Gasteiger partial charge in [-0.05, 0) is 42.3 Å². The summed E-state index contributed by atoms with van der Waals surface area (Å²) in [7, 11) is 0. The number of amides is 1. The number of hydrogen-bond donors (Lipinski definition) is 1. The normalized spacial score (nSPS) is 10.3. The van der Waals surface area contributed by atoms with E-state index in [1.807, 2.05) is 0 Å². The molecule has 0 saturated carbocycles. The molecule has 0 atom stereocenters. The molecule has 0 spiro atoms. The summed E-state index contributed by atoms with van der Waals surface area (Å²) in [6.45, 7) is -0.0370. The number of carbonyl (C=O) groups excluding carboxylic acids is 2. The molecule has 0 radical (unpaired) electrons. The van der Waals surface area contributed by atoms with Crippen LogP contribution in [0.4, 0.5) is 4.39 Å². The SMILES string of the molecule is O=C(COC(=O)c1cc(Br)ccc1Cl)NCCc1ccc(F)cc1. The smallest absolute Gasteiger partial charge is 0.340 e. The fraction of sp³-hybridized carbons (Fsp3) is 0.176. The molecule has 4 nitrogen and oxygen atoms in total. The number of hydrogen-bond acceptors (Lipinski definition) is 3. The van der Waals surface area contributed by atoms with E-state index in [2.05, 4.69) is 21.2 Å². The molecule has 7 heteroatoms. The van der Waals surface area contributed by atoms with Crippen molar-refractivity contribution in [1.29, 1.82) is 0 Å². The van der Waals surface area contributed by atoms with Crippen LogP contribution in [0.2, 0.25) is 5.02 Å². The summed E-state index contributed by atoms with van der Waals surface area (Å²) in [4.78, 5) is 23.6. The van der Waals surface area contributed by atoms with Crippen LogP contribution in [-0.2, 0) is 16.0 Å². The third kappa shape index (κ3) is 5.62. The fourth-order valence-corrected chi connectivity index (χ4v) is 2.47. The maximum atomic E-state index is 12.8. The third-order valence-electron chi connectivity index (χ3n) is 3.13. The molecule has 0 saturated heterocycles. The van der Waals surface area contributed by atoms with E-state index >= 15 is 0 Å². The van der Waals surface area contributed by atoms with Gasteiger partial charge in [0.15, 0.2) is 6.61 Å². The highest BCUT2D eigenvalue weighted by molar-refractivity contribution is 9.10. The van der Waals surface area contributed by atoms with Gasteiger partial charge < -0.3 is 10.1 Å². The van der Waals surface area contributed by atoms with E-state index in [1.165, 1.54) is 18.2 Å². The molecule has 0 aliphatic carbocycles. The monoisotopic (exact) mass is 413 g/mol. The molecule has 2 aromatic carbocycles. The number of rotatable bonds is 6. The molecule has 0 unspecified atom stereocenters. The molecular formula is C17H14BrClFNO3. The third-order valence-corrected chi connectivity index (χ3v) is 3.95. The first-order valence-electron chi connectivity index (χ1n) is 7.09. The van der Waals surface area contributed by atoms with Crippen molar-refractivity contribution in [2.75, 3.05) is 13.2 Å². The van der Waals surface area contributed by atoms with Crippen molar-refractivity contribution < 1.29 is 18.7 Å². The lowest BCUT2D eigenvalue weighted by molar-refractivity contribution is -0.124. The van der Waals surface area contributed by atoms with Crippen LogP contribution in [0.1, 0.15) is 15.9 Å². The number of nitrogens with one attached hydrogen (secondary N) is 1. The predicted octanol–water partition coefficient (Wildman–Crippen LogP) is 3.76. The van der Waals surface area contributed by atoms with Gasteiger partial charge in [0, 0.05) is 11.0 Å². The molecule has 1 amide bonds. The van der Waals surface area contributed by atoms with Gasteiger partial charge in [0.2, 0.25) is 0 Å². The van der Waals surface area contributed by atoms with Gasteiger partial charge in [0.1, 0.15) is 5.82 Å². The van der Waals surface area contributed by atoms with Gasteiger partial charge in [-0.25, -0.2) is 9.18 Å². The summed E-state index contributed by atoms with van der Waals surface area (Å²) in [6.07, 6.45) is 0.553. The molecule has 2 aromatic rings. The van der Waals surface area contributed by atoms with Crippen LogP contribution in [0.5, 0.6) is 0 Å². The number of benzene rings is 2.